The van der Waals surface area contributed by atoms with Crippen molar-refractivity contribution in [3.63, 3.8) is 0 Å². The van der Waals surface area contributed by atoms with Crippen LogP contribution in [-0.4, -0.2) is 21.9 Å². The summed E-state index contributed by atoms with van der Waals surface area (Å²) in [5.41, 5.74) is 0.132. The number of nitrogens with zero attached hydrogens (tertiary/aromatic N) is 3. The number of carbonyl (C=O) groups is 1. The van der Waals surface area contributed by atoms with Crippen LogP contribution in [0, 0.1) is 5.21 Å². The van der Waals surface area contributed by atoms with Crippen LogP contribution in [0.2, 0.25) is 0 Å². The fourth-order valence-electron chi connectivity index (χ4n) is 1.23. The van der Waals surface area contributed by atoms with Crippen LogP contribution in [0.25, 0.3) is 0 Å². The number of rotatable bonds is 0. The molecule has 0 amide bonds. The monoisotopic (exact) mass is 183 g/mol. The lowest BCUT2D eigenvalue weighted by Gasteiger charge is -2.04. The second-order valence-electron chi connectivity index (χ2n) is 2.60. The van der Waals surface area contributed by atoms with Crippen molar-refractivity contribution >= 4 is 11.5 Å². The standard InChI is InChI=1S/C6H5N3O4/c10-6-3(7-11)1-2-4-5(6)8-13-9(4)12/h11H,1-2H2. The Bertz CT molecular complexity index is 395. The van der Waals surface area contributed by atoms with Gasteiger partial charge in [-0.05, 0) is 4.90 Å². The van der Waals surface area contributed by atoms with Crippen molar-refractivity contribution in [1.82, 2.24) is 5.16 Å². The first-order valence-corrected chi connectivity index (χ1v) is 3.58. The lowest BCUT2D eigenvalue weighted by atomic mass is 9.98. The second kappa shape index (κ2) is 2.54. The van der Waals surface area contributed by atoms with Crippen LogP contribution in [0.15, 0.2) is 9.78 Å². The van der Waals surface area contributed by atoms with Gasteiger partial charge in [-0.25, -0.2) is 0 Å². The molecule has 1 aromatic rings. The van der Waals surface area contributed by atoms with Crippen LogP contribution in [-0.2, 0) is 6.42 Å². The Labute approximate surface area is 71.8 Å². The summed E-state index contributed by atoms with van der Waals surface area (Å²) in [6, 6.07) is 0. The molecule has 7 nitrogen and oxygen atoms in total. The molecule has 0 fully saturated rings. The van der Waals surface area contributed by atoms with Gasteiger partial charge in [0.2, 0.25) is 5.69 Å². The predicted octanol–water partition coefficient (Wildman–Crippen LogP) is -0.733. The van der Waals surface area contributed by atoms with Crippen LogP contribution in [0.4, 0.5) is 0 Å². The molecule has 7 heteroatoms. The molecule has 1 N–H and O–H groups in total. The third-order valence-electron chi connectivity index (χ3n) is 1.90. The van der Waals surface area contributed by atoms with Gasteiger partial charge in [-0.1, -0.05) is 5.16 Å². The van der Waals surface area contributed by atoms with Gasteiger partial charge >= 0.3 is 0 Å². The average molecular weight is 183 g/mol. The summed E-state index contributed by atoms with van der Waals surface area (Å²) in [7, 11) is 0. The number of ketones is 1. The van der Waals surface area contributed by atoms with E-state index in [0.717, 1.165) is 0 Å². The molecular weight excluding hydrogens is 178 g/mol. The van der Waals surface area contributed by atoms with Crippen molar-refractivity contribution in [1.29, 1.82) is 0 Å². The number of hydrogen-bond acceptors (Lipinski definition) is 6. The smallest absolute Gasteiger partial charge is 0.293 e. The quantitative estimate of drug-likeness (QED) is 0.324. The van der Waals surface area contributed by atoms with Crippen molar-refractivity contribution in [3.8, 4) is 0 Å². The Morgan fingerprint density at radius 1 is 1.62 bits per heavy atom. The number of Topliss-reactive ketones (excluding diaryl/α,β-unsaturated/α-hetero) is 1. The highest BCUT2D eigenvalue weighted by Crippen LogP contribution is 2.14. The molecule has 2 rings (SSSR count). The van der Waals surface area contributed by atoms with Crippen molar-refractivity contribution in [2.45, 2.75) is 12.8 Å². The molecule has 0 saturated carbocycles. The molecule has 1 aromatic heterocycles. The molecule has 0 bridgehead atoms. The topological polar surface area (TPSA) is 103 Å². The normalized spacial score (nSPS) is 19.1. The van der Waals surface area contributed by atoms with Gasteiger partial charge in [-0.2, -0.15) is 0 Å². The highest BCUT2D eigenvalue weighted by Gasteiger charge is 2.34. The van der Waals surface area contributed by atoms with Gasteiger partial charge in [-0.15, -0.1) is 0 Å². The average Bonchev–Trinajstić information content (AvgIpc) is 2.50. The first-order chi connectivity index (χ1) is 6.24. The van der Waals surface area contributed by atoms with Crippen LogP contribution < -0.4 is 4.90 Å². The van der Waals surface area contributed by atoms with E-state index < -0.39 is 5.78 Å². The molecule has 68 valence electrons. The highest BCUT2D eigenvalue weighted by molar-refractivity contribution is 6.46. The fourth-order valence-corrected chi connectivity index (χ4v) is 1.23. The fraction of sp³-hybridized carbons (Fsp3) is 0.333. The van der Waals surface area contributed by atoms with Crippen LogP contribution in [0.3, 0.4) is 0 Å². The van der Waals surface area contributed by atoms with Crippen LogP contribution >= 0.6 is 0 Å². The highest BCUT2D eigenvalue weighted by atomic mass is 16.8. The molecule has 1 aliphatic rings. The number of oxime groups is 1. The maximum absolute atomic E-state index is 11.3. The van der Waals surface area contributed by atoms with Gasteiger partial charge in [-0.3, -0.25) is 9.42 Å². The minimum Gasteiger partial charge on any atom is -0.411 e. The Kier molecular flexibility index (Phi) is 1.51. The van der Waals surface area contributed by atoms with Crippen LogP contribution in [0.5, 0.6) is 0 Å². The zero-order valence-electron chi connectivity index (χ0n) is 6.43. The number of aromatic nitrogens is 2. The Hall–Kier alpha value is -1.92. The Balaban J connectivity index is 2.52. The molecule has 1 heterocycles. The first-order valence-electron chi connectivity index (χ1n) is 3.58. The van der Waals surface area contributed by atoms with E-state index in [1.807, 2.05) is 0 Å². The summed E-state index contributed by atoms with van der Waals surface area (Å²) < 4.78 is 4.23. The van der Waals surface area contributed by atoms with E-state index in [1.54, 1.807) is 0 Å². The summed E-state index contributed by atoms with van der Waals surface area (Å²) >= 11 is 0. The third kappa shape index (κ3) is 0.968. The van der Waals surface area contributed by atoms with Gasteiger partial charge in [0.05, 0.1) is 5.16 Å². The van der Waals surface area contributed by atoms with Gasteiger partial charge in [0.25, 0.3) is 11.5 Å². The van der Waals surface area contributed by atoms with Gasteiger partial charge in [0, 0.05) is 12.8 Å². The van der Waals surface area contributed by atoms with E-state index in [1.165, 1.54) is 0 Å². The van der Waals surface area contributed by atoms with Gasteiger partial charge in [0.1, 0.15) is 5.71 Å². The minimum atomic E-state index is -0.554. The van der Waals surface area contributed by atoms with E-state index in [0.29, 0.717) is 6.42 Å². The van der Waals surface area contributed by atoms with Gasteiger partial charge < -0.3 is 10.4 Å². The summed E-state index contributed by atoms with van der Waals surface area (Å²) in [5.74, 6) is -0.554. The summed E-state index contributed by atoms with van der Waals surface area (Å²) in [6.07, 6.45) is 0.527. The molecule has 0 radical (unpaired) electrons. The zero-order valence-corrected chi connectivity index (χ0v) is 6.43. The molecule has 1 aliphatic carbocycles. The molecular formula is C6H5N3O4. The van der Waals surface area contributed by atoms with Crippen molar-refractivity contribution in [2.24, 2.45) is 5.16 Å². The molecule has 0 aliphatic heterocycles. The maximum Gasteiger partial charge on any atom is 0.293 e. The maximum atomic E-state index is 11.3. The summed E-state index contributed by atoms with van der Waals surface area (Å²) in [4.78, 5) is 11.5. The lowest BCUT2D eigenvalue weighted by Crippen LogP contribution is -2.33. The minimum absolute atomic E-state index is 0.00130. The van der Waals surface area contributed by atoms with E-state index in [2.05, 4.69) is 14.9 Å². The van der Waals surface area contributed by atoms with Crippen molar-refractivity contribution in [2.75, 3.05) is 0 Å². The third-order valence-corrected chi connectivity index (χ3v) is 1.90. The summed E-state index contributed by atoms with van der Waals surface area (Å²) in [5, 5.41) is 25.3. The molecule has 0 atom stereocenters. The SMILES string of the molecule is O=C1C(=NO)CCc2c1no[n+]2[O-]. The second-order valence-corrected chi connectivity index (χ2v) is 2.60. The van der Waals surface area contributed by atoms with Crippen LogP contribution in [0.1, 0.15) is 22.6 Å². The van der Waals surface area contributed by atoms with Gasteiger partial charge in [0.15, 0.2) is 0 Å². The molecule has 0 aromatic carbocycles. The van der Waals surface area contributed by atoms with E-state index >= 15 is 0 Å². The lowest BCUT2D eigenvalue weighted by molar-refractivity contribution is -0.807. The van der Waals surface area contributed by atoms with E-state index in [4.69, 9.17) is 5.21 Å². The van der Waals surface area contributed by atoms with Crippen molar-refractivity contribution in [3.05, 3.63) is 16.6 Å². The van der Waals surface area contributed by atoms with E-state index in [9.17, 15) is 10.0 Å². The number of carbonyl (C=O) groups excluding carboxylic acids is 1. The number of fused-ring (bicyclic) bond motifs is 1. The zero-order chi connectivity index (χ0) is 9.42. The molecule has 0 spiro atoms. The summed E-state index contributed by atoms with van der Waals surface area (Å²) in [6.45, 7) is 0. The number of hydrogen-bond donors (Lipinski definition) is 1. The van der Waals surface area contributed by atoms with Crippen molar-refractivity contribution < 1.29 is 19.5 Å². The molecule has 0 unspecified atom stereocenters. The molecule has 13 heavy (non-hydrogen) atoms. The largest absolute Gasteiger partial charge is 0.411 e. The Morgan fingerprint density at radius 3 is 3.08 bits per heavy atom. The first kappa shape index (κ1) is 7.71. The molecule has 0 saturated heterocycles. The Morgan fingerprint density at radius 2 is 2.38 bits per heavy atom. The van der Waals surface area contributed by atoms with E-state index in [-0.39, 0.29) is 28.4 Å². The predicted molar refractivity (Wildman–Crippen MR) is 37.3 cm³/mol.